The van der Waals surface area contributed by atoms with Crippen molar-refractivity contribution in [1.29, 1.82) is 0 Å². The van der Waals surface area contributed by atoms with Crippen LogP contribution in [0.2, 0.25) is 0 Å². The summed E-state index contributed by atoms with van der Waals surface area (Å²) in [6.07, 6.45) is 8.57. The van der Waals surface area contributed by atoms with Crippen molar-refractivity contribution in [3.63, 3.8) is 0 Å². The highest BCUT2D eigenvalue weighted by atomic mass is 16.2. The molecular formula is C28H32N4O. The molecule has 1 aliphatic carbocycles. The summed E-state index contributed by atoms with van der Waals surface area (Å²) in [7, 11) is 0. The van der Waals surface area contributed by atoms with Gasteiger partial charge < -0.3 is 0 Å². The maximum Gasteiger partial charge on any atom is 0.271 e. The summed E-state index contributed by atoms with van der Waals surface area (Å²) in [5.41, 5.74) is 9.36. The van der Waals surface area contributed by atoms with Gasteiger partial charge >= 0.3 is 0 Å². The molecule has 1 fully saturated rings. The van der Waals surface area contributed by atoms with Crippen molar-refractivity contribution in [2.24, 2.45) is 11.0 Å². The lowest BCUT2D eigenvalue weighted by Gasteiger charge is -2.32. The summed E-state index contributed by atoms with van der Waals surface area (Å²) in [5.74, 6) is 0.459. The van der Waals surface area contributed by atoms with Crippen LogP contribution in [0.1, 0.15) is 48.9 Å². The molecule has 1 amide bonds. The fraction of sp³-hybridized carbons (Fsp3) is 0.286. The average Bonchev–Trinajstić information content (AvgIpc) is 3.33. The molecule has 0 aromatic heterocycles. The van der Waals surface area contributed by atoms with E-state index in [0.29, 0.717) is 17.5 Å². The van der Waals surface area contributed by atoms with Crippen molar-refractivity contribution in [2.75, 3.05) is 5.01 Å². The van der Waals surface area contributed by atoms with Gasteiger partial charge in [0.05, 0.1) is 11.4 Å². The topological polar surface area (TPSA) is 56.7 Å². The monoisotopic (exact) mass is 440 g/mol. The number of unbranched alkanes of at least 4 members (excludes halogenated alkanes) is 1. The minimum atomic E-state index is -0.172. The standard InChI is InChI=1S/C28H32N4O/c33-28(24-14-4-1-5-15-24)30-29-22-11-10-13-23-16-12-21-27(23)31-32(25-17-6-2-7-18-25)26-19-8-3-9-20-26/h1-9,14-15,17-20,22-23,27,31H,10-13,16,21H2,(H,30,33)/b29-22+/t23-,27+/m0/s1. The molecule has 0 saturated heterocycles. The number of rotatable bonds is 10. The van der Waals surface area contributed by atoms with Gasteiger partial charge in [0, 0.05) is 17.8 Å². The Morgan fingerprint density at radius 2 is 1.48 bits per heavy atom. The van der Waals surface area contributed by atoms with Gasteiger partial charge in [-0.1, -0.05) is 61.0 Å². The summed E-state index contributed by atoms with van der Waals surface area (Å²) in [6.45, 7) is 0. The zero-order chi connectivity index (χ0) is 22.7. The van der Waals surface area contributed by atoms with E-state index in [1.54, 1.807) is 12.1 Å². The number of nitrogens with one attached hydrogen (secondary N) is 2. The number of hydrazine groups is 1. The Bertz CT molecular complexity index is 968. The molecule has 5 nitrogen and oxygen atoms in total. The number of carbonyl (C=O) groups excluding carboxylic acids is 1. The van der Waals surface area contributed by atoms with Gasteiger partial charge in [-0.05, 0) is 74.4 Å². The quantitative estimate of drug-likeness (QED) is 0.228. The second kappa shape index (κ2) is 12.0. The molecule has 0 aliphatic heterocycles. The third-order valence-corrected chi connectivity index (χ3v) is 6.18. The van der Waals surface area contributed by atoms with Crippen LogP contribution in [-0.2, 0) is 0 Å². The number of carbonyl (C=O) groups is 1. The molecule has 1 saturated carbocycles. The van der Waals surface area contributed by atoms with E-state index in [-0.39, 0.29) is 5.91 Å². The van der Waals surface area contributed by atoms with Crippen LogP contribution in [0, 0.1) is 5.92 Å². The Balaban J connectivity index is 1.28. The zero-order valence-corrected chi connectivity index (χ0v) is 18.9. The van der Waals surface area contributed by atoms with Gasteiger partial charge in [0.25, 0.3) is 5.91 Å². The highest BCUT2D eigenvalue weighted by Gasteiger charge is 2.28. The van der Waals surface area contributed by atoms with Gasteiger partial charge in [0.1, 0.15) is 0 Å². The first-order valence-electron chi connectivity index (χ1n) is 11.8. The van der Waals surface area contributed by atoms with Crippen molar-refractivity contribution in [3.8, 4) is 0 Å². The van der Waals surface area contributed by atoms with Crippen LogP contribution < -0.4 is 15.9 Å². The molecule has 33 heavy (non-hydrogen) atoms. The van der Waals surface area contributed by atoms with Gasteiger partial charge in [-0.25, -0.2) is 10.9 Å². The third kappa shape index (κ3) is 6.53. The van der Waals surface area contributed by atoms with E-state index in [2.05, 4.69) is 81.6 Å². The van der Waals surface area contributed by atoms with Crippen LogP contribution in [0.4, 0.5) is 11.4 Å². The molecule has 2 atom stereocenters. The second-order valence-corrected chi connectivity index (χ2v) is 8.48. The number of hydrazone groups is 1. The Labute approximate surface area is 196 Å². The predicted molar refractivity (Wildman–Crippen MR) is 136 cm³/mol. The maximum atomic E-state index is 12.0. The van der Waals surface area contributed by atoms with Gasteiger partial charge in [-0.2, -0.15) is 5.10 Å². The molecular weight excluding hydrogens is 408 g/mol. The van der Waals surface area contributed by atoms with Crippen molar-refractivity contribution in [3.05, 3.63) is 96.6 Å². The molecule has 170 valence electrons. The molecule has 0 radical (unpaired) electrons. The fourth-order valence-corrected chi connectivity index (χ4v) is 4.46. The molecule has 0 spiro atoms. The van der Waals surface area contributed by atoms with E-state index < -0.39 is 0 Å². The van der Waals surface area contributed by atoms with E-state index in [9.17, 15) is 4.79 Å². The van der Waals surface area contributed by atoms with Gasteiger partial charge in [0.15, 0.2) is 0 Å². The molecule has 0 bridgehead atoms. The van der Waals surface area contributed by atoms with Crippen molar-refractivity contribution in [2.45, 2.75) is 44.6 Å². The average molecular weight is 441 g/mol. The second-order valence-electron chi connectivity index (χ2n) is 8.48. The Kier molecular flexibility index (Phi) is 8.25. The smallest absolute Gasteiger partial charge is 0.271 e. The van der Waals surface area contributed by atoms with Crippen LogP contribution in [0.15, 0.2) is 96.1 Å². The lowest BCUT2D eigenvalue weighted by Crippen LogP contribution is -2.43. The summed E-state index contributed by atoms with van der Waals surface area (Å²) in [4.78, 5) is 12.0. The van der Waals surface area contributed by atoms with Crippen molar-refractivity contribution < 1.29 is 4.79 Å². The first-order valence-corrected chi connectivity index (χ1v) is 11.8. The molecule has 3 aromatic carbocycles. The number of anilines is 2. The molecule has 5 heteroatoms. The minimum Gasteiger partial charge on any atom is -0.277 e. The fourth-order valence-electron chi connectivity index (χ4n) is 4.46. The van der Waals surface area contributed by atoms with Crippen LogP contribution in [-0.4, -0.2) is 18.2 Å². The van der Waals surface area contributed by atoms with Crippen LogP contribution >= 0.6 is 0 Å². The SMILES string of the molecule is O=C(N/N=C/CCC[C@H]1CCC[C@H]1NN(c1ccccc1)c1ccccc1)c1ccccc1. The molecule has 4 rings (SSSR count). The normalized spacial score (nSPS) is 17.8. The number of para-hydroxylation sites is 2. The Morgan fingerprint density at radius 1 is 0.879 bits per heavy atom. The largest absolute Gasteiger partial charge is 0.277 e. The molecule has 3 aromatic rings. The van der Waals surface area contributed by atoms with Gasteiger partial charge in [-0.15, -0.1) is 0 Å². The summed E-state index contributed by atoms with van der Waals surface area (Å²) in [6, 6.07) is 30.6. The highest BCUT2D eigenvalue weighted by molar-refractivity contribution is 5.94. The molecule has 1 aliphatic rings. The Morgan fingerprint density at radius 3 is 2.12 bits per heavy atom. The number of hydrogen-bond acceptors (Lipinski definition) is 4. The number of amides is 1. The van der Waals surface area contributed by atoms with E-state index in [4.69, 9.17) is 0 Å². The summed E-state index contributed by atoms with van der Waals surface area (Å²) < 4.78 is 0. The highest BCUT2D eigenvalue weighted by Crippen LogP contribution is 2.32. The lowest BCUT2D eigenvalue weighted by atomic mass is 9.97. The van der Waals surface area contributed by atoms with Crippen LogP contribution in [0.3, 0.4) is 0 Å². The van der Waals surface area contributed by atoms with E-state index in [1.807, 2.05) is 24.4 Å². The van der Waals surface area contributed by atoms with Crippen molar-refractivity contribution >= 4 is 23.5 Å². The molecule has 2 N–H and O–H groups in total. The zero-order valence-electron chi connectivity index (χ0n) is 18.9. The lowest BCUT2D eigenvalue weighted by molar-refractivity contribution is 0.0955. The van der Waals surface area contributed by atoms with E-state index >= 15 is 0 Å². The molecule has 0 heterocycles. The number of nitrogens with zero attached hydrogens (tertiary/aromatic N) is 2. The first kappa shape index (κ1) is 22.7. The number of hydrogen-bond donors (Lipinski definition) is 2. The number of benzene rings is 3. The van der Waals surface area contributed by atoms with Crippen LogP contribution in [0.25, 0.3) is 0 Å². The maximum absolute atomic E-state index is 12.0. The third-order valence-electron chi connectivity index (χ3n) is 6.18. The van der Waals surface area contributed by atoms with Crippen molar-refractivity contribution in [1.82, 2.24) is 10.9 Å². The molecule has 0 unspecified atom stereocenters. The minimum absolute atomic E-state index is 0.172. The first-order chi connectivity index (χ1) is 16.3. The predicted octanol–water partition coefficient (Wildman–Crippen LogP) is 6.08. The summed E-state index contributed by atoms with van der Waals surface area (Å²) in [5, 5.41) is 6.34. The van der Waals surface area contributed by atoms with E-state index in [1.165, 1.54) is 19.3 Å². The van der Waals surface area contributed by atoms with Gasteiger partial charge in [0.2, 0.25) is 0 Å². The summed E-state index contributed by atoms with van der Waals surface area (Å²) >= 11 is 0. The van der Waals surface area contributed by atoms with Crippen LogP contribution in [0.5, 0.6) is 0 Å². The van der Waals surface area contributed by atoms with E-state index in [0.717, 1.165) is 30.6 Å². The Hall–Kier alpha value is -3.44. The van der Waals surface area contributed by atoms with Gasteiger partial charge in [-0.3, -0.25) is 9.80 Å².